The van der Waals surface area contributed by atoms with E-state index in [0.717, 1.165) is 26.6 Å². The standard InChI is InChI=1S/C32H35N3O5S2/c1-22(2)26-9-13-28(14-10-26)35(42(39,40)30-15-6-23(3)7-16-30)21-32(36)33-27-11-17-29(18-12-27)41(37,38)34-31-19-8-24(4)20-25(31)5/h6-20,22,34H,21H2,1-5H3,(H,33,36). The van der Waals surface area contributed by atoms with Crippen molar-refractivity contribution in [1.82, 2.24) is 0 Å². The minimum absolute atomic E-state index is 0.0225. The molecular formula is C32H35N3O5S2. The lowest BCUT2D eigenvalue weighted by molar-refractivity contribution is -0.114. The summed E-state index contributed by atoms with van der Waals surface area (Å²) < 4.78 is 56.9. The molecule has 2 N–H and O–H groups in total. The normalized spacial score (nSPS) is 11.8. The maximum atomic E-state index is 13.7. The first-order valence-corrected chi connectivity index (χ1v) is 16.4. The van der Waals surface area contributed by atoms with Gasteiger partial charge in [-0.3, -0.25) is 13.8 Å². The Kier molecular flexibility index (Phi) is 9.08. The number of amides is 1. The SMILES string of the molecule is Cc1ccc(S(=O)(=O)N(CC(=O)Nc2ccc(S(=O)(=O)Nc3ccc(C)cc3C)cc2)c2ccc(C(C)C)cc2)cc1. The molecule has 4 aromatic rings. The summed E-state index contributed by atoms with van der Waals surface area (Å²) in [5.41, 5.74) is 4.93. The molecule has 8 nitrogen and oxygen atoms in total. The molecule has 0 heterocycles. The van der Waals surface area contributed by atoms with Gasteiger partial charge in [-0.05, 0) is 92.4 Å². The number of nitrogens with zero attached hydrogens (tertiary/aromatic N) is 1. The smallest absolute Gasteiger partial charge is 0.264 e. The second-order valence-electron chi connectivity index (χ2n) is 10.6. The van der Waals surface area contributed by atoms with Crippen molar-refractivity contribution in [2.45, 2.75) is 50.3 Å². The predicted molar refractivity (Wildman–Crippen MR) is 168 cm³/mol. The van der Waals surface area contributed by atoms with Gasteiger partial charge < -0.3 is 5.32 Å². The van der Waals surface area contributed by atoms with Gasteiger partial charge in [-0.25, -0.2) is 16.8 Å². The molecule has 220 valence electrons. The first kappa shape index (κ1) is 30.8. The van der Waals surface area contributed by atoms with E-state index in [1.165, 1.54) is 36.4 Å². The summed E-state index contributed by atoms with van der Waals surface area (Å²) in [5, 5.41) is 2.69. The molecule has 0 radical (unpaired) electrons. The van der Waals surface area contributed by atoms with Crippen LogP contribution in [0.2, 0.25) is 0 Å². The second kappa shape index (κ2) is 12.4. The molecule has 0 fully saturated rings. The van der Waals surface area contributed by atoms with Crippen LogP contribution in [0.4, 0.5) is 17.1 Å². The molecule has 0 aromatic heterocycles. The van der Waals surface area contributed by atoms with Gasteiger partial charge in [-0.1, -0.05) is 61.4 Å². The van der Waals surface area contributed by atoms with Crippen LogP contribution in [0.3, 0.4) is 0 Å². The van der Waals surface area contributed by atoms with E-state index < -0.39 is 32.5 Å². The number of anilines is 3. The third-order valence-electron chi connectivity index (χ3n) is 6.82. The molecule has 0 aliphatic heterocycles. The Balaban J connectivity index is 1.54. The lowest BCUT2D eigenvalue weighted by Gasteiger charge is -2.24. The predicted octanol–water partition coefficient (Wildman–Crippen LogP) is 6.37. The van der Waals surface area contributed by atoms with Crippen LogP contribution in [0.25, 0.3) is 0 Å². The molecule has 0 unspecified atom stereocenters. The highest BCUT2D eigenvalue weighted by Crippen LogP contribution is 2.27. The Bertz CT molecular complexity index is 1780. The van der Waals surface area contributed by atoms with E-state index in [4.69, 9.17) is 0 Å². The van der Waals surface area contributed by atoms with Crippen molar-refractivity contribution in [1.29, 1.82) is 0 Å². The number of hydrogen-bond donors (Lipinski definition) is 2. The van der Waals surface area contributed by atoms with E-state index in [0.29, 0.717) is 17.1 Å². The van der Waals surface area contributed by atoms with Crippen molar-refractivity contribution in [2.75, 3.05) is 20.9 Å². The summed E-state index contributed by atoms with van der Waals surface area (Å²) in [6.07, 6.45) is 0. The summed E-state index contributed by atoms with van der Waals surface area (Å²) in [4.78, 5) is 13.2. The molecule has 0 atom stereocenters. The van der Waals surface area contributed by atoms with Crippen molar-refractivity contribution in [3.05, 3.63) is 113 Å². The molecule has 42 heavy (non-hydrogen) atoms. The van der Waals surface area contributed by atoms with Gasteiger partial charge in [0.2, 0.25) is 5.91 Å². The maximum Gasteiger partial charge on any atom is 0.264 e. The molecule has 0 saturated carbocycles. The molecule has 0 aliphatic rings. The van der Waals surface area contributed by atoms with E-state index in [9.17, 15) is 21.6 Å². The van der Waals surface area contributed by atoms with Gasteiger partial charge in [0.05, 0.1) is 21.2 Å². The van der Waals surface area contributed by atoms with E-state index >= 15 is 0 Å². The monoisotopic (exact) mass is 605 g/mol. The van der Waals surface area contributed by atoms with E-state index in [2.05, 4.69) is 10.0 Å². The first-order valence-electron chi connectivity index (χ1n) is 13.5. The van der Waals surface area contributed by atoms with Crippen LogP contribution in [0.1, 0.15) is 42.0 Å². The summed E-state index contributed by atoms with van der Waals surface area (Å²) in [6.45, 7) is 9.22. The number of carbonyl (C=O) groups is 1. The highest BCUT2D eigenvalue weighted by Gasteiger charge is 2.27. The second-order valence-corrected chi connectivity index (χ2v) is 14.1. The number of nitrogens with one attached hydrogen (secondary N) is 2. The summed E-state index contributed by atoms with van der Waals surface area (Å²) in [7, 11) is -7.93. The van der Waals surface area contributed by atoms with E-state index in [1.54, 1.807) is 30.3 Å². The molecule has 0 aliphatic carbocycles. The molecule has 0 spiro atoms. The largest absolute Gasteiger partial charge is 0.325 e. The lowest BCUT2D eigenvalue weighted by atomic mass is 10.0. The number of sulfonamides is 2. The summed E-state index contributed by atoms with van der Waals surface area (Å²) >= 11 is 0. The van der Waals surface area contributed by atoms with Gasteiger partial charge in [0.1, 0.15) is 6.54 Å². The minimum atomic E-state index is -4.07. The van der Waals surface area contributed by atoms with Gasteiger partial charge in [-0.2, -0.15) is 0 Å². The average molecular weight is 606 g/mol. The quantitative estimate of drug-likeness (QED) is 0.218. The molecular weight excluding hydrogens is 571 g/mol. The van der Waals surface area contributed by atoms with E-state index in [-0.39, 0.29) is 15.7 Å². The number of hydrogen-bond acceptors (Lipinski definition) is 5. The van der Waals surface area contributed by atoms with Crippen molar-refractivity contribution >= 4 is 43.0 Å². The Morgan fingerprint density at radius 3 is 1.88 bits per heavy atom. The molecule has 0 saturated heterocycles. The topological polar surface area (TPSA) is 113 Å². The molecule has 1 amide bonds. The molecule has 4 aromatic carbocycles. The number of rotatable bonds is 10. The highest BCUT2D eigenvalue weighted by atomic mass is 32.2. The molecule has 4 rings (SSSR count). The van der Waals surface area contributed by atoms with Crippen molar-refractivity contribution in [3.63, 3.8) is 0 Å². The van der Waals surface area contributed by atoms with Crippen LogP contribution in [-0.4, -0.2) is 29.3 Å². The maximum absolute atomic E-state index is 13.7. The Morgan fingerprint density at radius 2 is 1.31 bits per heavy atom. The van der Waals surface area contributed by atoms with Crippen LogP contribution >= 0.6 is 0 Å². The number of carbonyl (C=O) groups excluding carboxylic acids is 1. The first-order chi connectivity index (χ1) is 19.8. The highest BCUT2D eigenvalue weighted by molar-refractivity contribution is 7.93. The number of benzene rings is 4. The summed E-state index contributed by atoms with van der Waals surface area (Å²) in [6, 6.07) is 24.6. The molecule has 10 heteroatoms. The van der Waals surface area contributed by atoms with Crippen molar-refractivity contribution in [2.24, 2.45) is 0 Å². The van der Waals surface area contributed by atoms with Gasteiger partial charge >= 0.3 is 0 Å². The fraction of sp³-hybridized carbons (Fsp3) is 0.219. The zero-order chi connectivity index (χ0) is 30.7. The van der Waals surface area contributed by atoms with Crippen LogP contribution in [-0.2, 0) is 24.8 Å². The molecule has 0 bridgehead atoms. The van der Waals surface area contributed by atoms with Crippen LogP contribution < -0.4 is 14.3 Å². The van der Waals surface area contributed by atoms with Gasteiger partial charge in [-0.15, -0.1) is 0 Å². The van der Waals surface area contributed by atoms with Gasteiger partial charge in [0.15, 0.2) is 0 Å². The third kappa shape index (κ3) is 7.18. The third-order valence-corrected chi connectivity index (χ3v) is 9.99. The summed E-state index contributed by atoms with van der Waals surface area (Å²) in [5.74, 6) is -0.324. The van der Waals surface area contributed by atoms with Crippen molar-refractivity contribution in [3.8, 4) is 0 Å². The Hall–Kier alpha value is -4.15. The van der Waals surface area contributed by atoms with Gasteiger partial charge in [0, 0.05) is 5.69 Å². The van der Waals surface area contributed by atoms with Crippen LogP contribution in [0, 0.1) is 20.8 Å². The van der Waals surface area contributed by atoms with Crippen LogP contribution in [0.15, 0.2) is 101 Å². The van der Waals surface area contributed by atoms with Crippen molar-refractivity contribution < 1.29 is 21.6 Å². The average Bonchev–Trinajstić information content (AvgIpc) is 2.94. The minimum Gasteiger partial charge on any atom is -0.325 e. The fourth-order valence-corrected chi connectivity index (χ4v) is 6.91. The fourth-order valence-electron chi connectivity index (χ4n) is 4.36. The zero-order valence-electron chi connectivity index (χ0n) is 24.2. The Labute approximate surface area is 248 Å². The lowest BCUT2D eigenvalue weighted by Crippen LogP contribution is -2.38. The van der Waals surface area contributed by atoms with E-state index in [1.807, 2.05) is 58.9 Å². The zero-order valence-corrected chi connectivity index (χ0v) is 25.9. The van der Waals surface area contributed by atoms with Gasteiger partial charge in [0.25, 0.3) is 20.0 Å². The Morgan fingerprint density at radius 1 is 0.738 bits per heavy atom. The van der Waals surface area contributed by atoms with Crippen LogP contribution in [0.5, 0.6) is 0 Å². The number of aryl methyl sites for hydroxylation is 3.